The summed E-state index contributed by atoms with van der Waals surface area (Å²) in [5.41, 5.74) is 0.996. The number of rotatable bonds is 8. The average Bonchev–Trinajstić information content (AvgIpc) is 3.26. The van der Waals surface area contributed by atoms with Crippen molar-refractivity contribution in [2.75, 3.05) is 19.8 Å². The number of benzene rings is 1. The molecular formula is C16H20BrNO2. The maximum Gasteiger partial charge on any atom is 0.244 e. The van der Waals surface area contributed by atoms with E-state index in [0.29, 0.717) is 6.54 Å². The summed E-state index contributed by atoms with van der Waals surface area (Å²) in [6.07, 6.45) is 6.86. The minimum absolute atomic E-state index is 0.0667. The number of hydrogen-bond acceptors (Lipinski definition) is 2. The molecule has 1 amide bonds. The number of carbonyl (C=O) groups excluding carboxylic acids is 1. The Kier molecular flexibility index (Phi) is 6.27. The van der Waals surface area contributed by atoms with Gasteiger partial charge in [-0.15, -0.1) is 0 Å². The highest BCUT2D eigenvalue weighted by atomic mass is 79.9. The molecule has 0 aromatic heterocycles. The van der Waals surface area contributed by atoms with Crippen LogP contribution in [0.5, 0.6) is 0 Å². The Bertz CT molecular complexity index is 469. The highest BCUT2D eigenvalue weighted by molar-refractivity contribution is 9.10. The summed E-state index contributed by atoms with van der Waals surface area (Å²) >= 11 is 3.44. The van der Waals surface area contributed by atoms with E-state index >= 15 is 0 Å². The molecule has 20 heavy (non-hydrogen) atoms. The lowest BCUT2D eigenvalue weighted by atomic mass is 10.2. The van der Waals surface area contributed by atoms with Crippen molar-refractivity contribution >= 4 is 27.9 Å². The highest BCUT2D eigenvalue weighted by Crippen LogP contribution is 2.28. The first-order chi connectivity index (χ1) is 9.75. The van der Waals surface area contributed by atoms with Crippen molar-refractivity contribution in [3.05, 3.63) is 40.4 Å². The number of amides is 1. The third-order valence-corrected chi connectivity index (χ3v) is 3.86. The second-order valence-electron chi connectivity index (χ2n) is 5.02. The third kappa shape index (κ3) is 5.88. The first-order valence-electron chi connectivity index (χ1n) is 7.04. The maximum absolute atomic E-state index is 11.6. The van der Waals surface area contributed by atoms with Gasteiger partial charge in [0.05, 0.1) is 0 Å². The zero-order chi connectivity index (χ0) is 14.2. The average molecular weight is 338 g/mol. The summed E-state index contributed by atoms with van der Waals surface area (Å²) in [7, 11) is 0. The monoisotopic (exact) mass is 337 g/mol. The molecule has 0 aliphatic heterocycles. The Labute approximate surface area is 128 Å². The largest absolute Gasteiger partial charge is 0.381 e. The van der Waals surface area contributed by atoms with Crippen LogP contribution in [0.4, 0.5) is 0 Å². The SMILES string of the molecule is O=C(/C=C/c1ccccc1Br)NCCCOCC1CC1. The summed E-state index contributed by atoms with van der Waals surface area (Å²) < 4.78 is 6.49. The van der Waals surface area contributed by atoms with Crippen molar-refractivity contribution in [2.24, 2.45) is 5.92 Å². The van der Waals surface area contributed by atoms with Crippen LogP contribution in [-0.2, 0) is 9.53 Å². The molecule has 0 spiro atoms. The molecule has 0 atom stereocenters. The van der Waals surface area contributed by atoms with Gasteiger partial charge in [0.25, 0.3) is 0 Å². The molecule has 1 aliphatic carbocycles. The molecule has 1 aromatic rings. The molecule has 1 aliphatic rings. The normalized spacial score (nSPS) is 14.7. The molecule has 3 nitrogen and oxygen atoms in total. The summed E-state index contributed by atoms with van der Waals surface area (Å²) in [4.78, 5) is 11.6. The summed E-state index contributed by atoms with van der Waals surface area (Å²) in [6.45, 7) is 2.27. The van der Waals surface area contributed by atoms with Gasteiger partial charge in [0.2, 0.25) is 5.91 Å². The Hall–Kier alpha value is -1.13. The first kappa shape index (κ1) is 15.3. The Balaban J connectivity index is 1.58. The van der Waals surface area contributed by atoms with Gasteiger partial charge in [0, 0.05) is 30.3 Å². The Morgan fingerprint density at radius 1 is 1.40 bits per heavy atom. The molecule has 108 valence electrons. The fraction of sp³-hybridized carbons (Fsp3) is 0.438. The van der Waals surface area contributed by atoms with Crippen LogP contribution in [0.1, 0.15) is 24.8 Å². The molecule has 1 fully saturated rings. The van der Waals surface area contributed by atoms with Crippen molar-refractivity contribution < 1.29 is 9.53 Å². The molecule has 1 saturated carbocycles. The van der Waals surface area contributed by atoms with Crippen molar-refractivity contribution in [1.82, 2.24) is 5.32 Å². The van der Waals surface area contributed by atoms with E-state index in [1.165, 1.54) is 12.8 Å². The van der Waals surface area contributed by atoms with Crippen LogP contribution in [0, 0.1) is 5.92 Å². The standard InChI is InChI=1S/C16H20BrNO2/c17-15-5-2-1-4-14(15)8-9-16(19)18-10-3-11-20-12-13-6-7-13/h1-2,4-5,8-9,13H,3,6-7,10-12H2,(H,18,19)/b9-8+. The van der Waals surface area contributed by atoms with Crippen molar-refractivity contribution in [2.45, 2.75) is 19.3 Å². The van der Waals surface area contributed by atoms with Crippen LogP contribution in [-0.4, -0.2) is 25.7 Å². The van der Waals surface area contributed by atoms with Gasteiger partial charge < -0.3 is 10.1 Å². The van der Waals surface area contributed by atoms with Gasteiger partial charge in [-0.3, -0.25) is 4.79 Å². The van der Waals surface area contributed by atoms with E-state index in [2.05, 4.69) is 21.2 Å². The predicted molar refractivity (Wildman–Crippen MR) is 84.3 cm³/mol. The molecule has 1 N–H and O–H groups in total. The molecule has 0 heterocycles. The molecule has 1 aromatic carbocycles. The van der Waals surface area contributed by atoms with Crippen LogP contribution in [0.3, 0.4) is 0 Å². The molecule has 0 unspecified atom stereocenters. The second-order valence-corrected chi connectivity index (χ2v) is 5.87. The van der Waals surface area contributed by atoms with Gasteiger partial charge >= 0.3 is 0 Å². The zero-order valence-corrected chi connectivity index (χ0v) is 13.1. The fourth-order valence-corrected chi connectivity index (χ4v) is 2.17. The maximum atomic E-state index is 11.6. The van der Waals surface area contributed by atoms with Gasteiger partial charge in [-0.05, 0) is 42.9 Å². The predicted octanol–water partition coefficient (Wildman–Crippen LogP) is 3.40. The van der Waals surface area contributed by atoms with E-state index in [-0.39, 0.29) is 5.91 Å². The van der Waals surface area contributed by atoms with Crippen molar-refractivity contribution in [3.8, 4) is 0 Å². The topological polar surface area (TPSA) is 38.3 Å². The number of nitrogens with one attached hydrogen (secondary N) is 1. The lowest BCUT2D eigenvalue weighted by molar-refractivity contribution is -0.116. The highest BCUT2D eigenvalue weighted by Gasteiger charge is 2.20. The molecular weight excluding hydrogens is 318 g/mol. The summed E-state index contributed by atoms with van der Waals surface area (Å²) in [5, 5.41) is 2.86. The smallest absolute Gasteiger partial charge is 0.244 e. The van der Waals surface area contributed by atoms with Crippen molar-refractivity contribution in [1.29, 1.82) is 0 Å². The van der Waals surface area contributed by atoms with E-state index in [4.69, 9.17) is 4.74 Å². The van der Waals surface area contributed by atoms with Gasteiger partial charge in [-0.25, -0.2) is 0 Å². The molecule has 0 radical (unpaired) electrons. The number of carbonyl (C=O) groups is 1. The zero-order valence-electron chi connectivity index (χ0n) is 11.5. The Morgan fingerprint density at radius 3 is 2.95 bits per heavy atom. The lowest BCUT2D eigenvalue weighted by Crippen LogP contribution is -2.23. The van der Waals surface area contributed by atoms with Gasteiger partial charge in [-0.1, -0.05) is 34.1 Å². The molecule has 0 bridgehead atoms. The van der Waals surface area contributed by atoms with Gasteiger partial charge in [0.1, 0.15) is 0 Å². The van der Waals surface area contributed by atoms with E-state index in [1.54, 1.807) is 6.08 Å². The van der Waals surface area contributed by atoms with E-state index in [9.17, 15) is 4.79 Å². The molecule has 2 rings (SSSR count). The number of ether oxygens (including phenoxy) is 1. The second kappa shape index (κ2) is 8.22. The van der Waals surface area contributed by atoms with Gasteiger partial charge in [0.15, 0.2) is 0 Å². The van der Waals surface area contributed by atoms with Crippen LogP contribution in [0.25, 0.3) is 6.08 Å². The fourth-order valence-electron chi connectivity index (χ4n) is 1.75. The van der Waals surface area contributed by atoms with E-state index < -0.39 is 0 Å². The summed E-state index contributed by atoms with van der Waals surface area (Å²) in [5.74, 6) is 0.736. The minimum atomic E-state index is -0.0667. The van der Waals surface area contributed by atoms with Crippen LogP contribution in [0.15, 0.2) is 34.8 Å². The van der Waals surface area contributed by atoms with Gasteiger partial charge in [-0.2, -0.15) is 0 Å². The van der Waals surface area contributed by atoms with Crippen molar-refractivity contribution in [3.63, 3.8) is 0 Å². The minimum Gasteiger partial charge on any atom is -0.381 e. The molecule has 0 saturated heterocycles. The Morgan fingerprint density at radius 2 is 2.20 bits per heavy atom. The number of halogens is 1. The molecule has 4 heteroatoms. The number of hydrogen-bond donors (Lipinski definition) is 1. The summed E-state index contributed by atoms with van der Waals surface area (Å²) in [6, 6.07) is 7.80. The van der Waals surface area contributed by atoms with Crippen LogP contribution in [0.2, 0.25) is 0 Å². The van der Waals surface area contributed by atoms with Crippen LogP contribution >= 0.6 is 15.9 Å². The quantitative estimate of drug-likeness (QED) is 0.583. The van der Waals surface area contributed by atoms with E-state index in [1.807, 2.05) is 30.3 Å². The van der Waals surface area contributed by atoms with Crippen LogP contribution < -0.4 is 5.32 Å². The first-order valence-corrected chi connectivity index (χ1v) is 7.83. The third-order valence-electron chi connectivity index (χ3n) is 3.13. The lowest BCUT2D eigenvalue weighted by Gasteiger charge is -2.04. The van der Waals surface area contributed by atoms with E-state index in [0.717, 1.165) is 35.6 Å².